The van der Waals surface area contributed by atoms with Gasteiger partial charge in [-0.15, -0.1) is 0 Å². The molecule has 0 aliphatic carbocycles. The van der Waals surface area contributed by atoms with E-state index < -0.39 is 0 Å². The predicted octanol–water partition coefficient (Wildman–Crippen LogP) is 4.58. The molecular formula is C17H29N. The molecule has 1 rings (SSSR count). The van der Waals surface area contributed by atoms with Gasteiger partial charge in [0.25, 0.3) is 0 Å². The molecule has 1 aromatic carbocycles. The second-order valence-corrected chi connectivity index (χ2v) is 6.49. The van der Waals surface area contributed by atoms with Gasteiger partial charge in [-0.25, -0.2) is 0 Å². The monoisotopic (exact) mass is 247 g/mol. The second kappa shape index (κ2) is 6.38. The maximum atomic E-state index is 3.64. The third-order valence-electron chi connectivity index (χ3n) is 4.10. The van der Waals surface area contributed by atoms with Crippen LogP contribution in [0.25, 0.3) is 0 Å². The topological polar surface area (TPSA) is 12.0 Å². The molecule has 102 valence electrons. The summed E-state index contributed by atoms with van der Waals surface area (Å²) >= 11 is 0. The minimum absolute atomic E-state index is 0.374. The van der Waals surface area contributed by atoms with Crippen molar-refractivity contribution in [3.63, 3.8) is 0 Å². The van der Waals surface area contributed by atoms with E-state index in [0.717, 1.165) is 13.0 Å². The van der Waals surface area contributed by atoms with Gasteiger partial charge >= 0.3 is 0 Å². The Kier molecular flexibility index (Phi) is 5.40. The number of nitrogens with one attached hydrogen (secondary N) is 1. The lowest BCUT2D eigenvalue weighted by Crippen LogP contribution is -2.31. The average molecular weight is 247 g/mol. The van der Waals surface area contributed by atoms with Crippen LogP contribution in [0.4, 0.5) is 0 Å². The zero-order chi connectivity index (χ0) is 13.8. The van der Waals surface area contributed by atoms with Crippen molar-refractivity contribution >= 4 is 0 Å². The SMILES string of the molecule is CCc1ccc(C(C)NCC(C)C(C)(C)C)cc1. The Morgan fingerprint density at radius 2 is 1.61 bits per heavy atom. The fraction of sp³-hybridized carbons (Fsp3) is 0.647. The van der Waals surface area contributed by atoms with Gasteiger partial charge in [-0.1, -0.05) is 58.9 Å². The third kappa shape index (κ3) is 4.45. The highest BCUT2D eigenvalue weighted by Crippen LogP contribution is 2.25. The molecule has 0 aliphatic rings. The Hall–Kier alpha value is -0.820. The van der Waals surface area contributed by atoms with Crippen molar-refractivity contribution < 1.29 is 0 Å². The van der Waals surface area contributed by atoms with Crippen molar-refractivity contribution in [1.29, 1.82) is 0 Å². The first kappa shape index (κ1) is 15.2. The molecule has 0 aliphatic heterocycles. The largest absolute Gasteiger partial charge is 0.310 e. The van der Waals surface area contributed by atoms with Crippen molar-refractivity contribution in [2.75, 3.05) is 6.54 Å². The van der Waals surface area contributed by atoms with Crippen LogP contribution in [-0.4, -0.2) is 6.54 Å². The van der Waals surface area contributed by atoms with Crippen molar-refractivity contribution in [2.45, 2.75) is 54.0 Å². The van der Waals surface area contributed by atoms with E-state index in [2.05, 4.69) is 71.1 Å². The van der Waals surface area contributed by atoms with Crippen LogP contribution in [0.5, 0.6) is 0 Å². The highest BCUT2D eigenvalue weighted by molar-refractivity contribution is 5.24. The number of hydrogen-bond donors (Lipinski definition) is 1. The standard InChI is InChI=1S/C17H29N/c1-7-15-8-10-16(11-9-15)14(3)18-12-13(2)17(4,5)6/h8-11,13-14,18H,7,12H2,1-6H3. The molecule has 0 amide bonds. The maximum Gasteiger partial charge on any atom is 0.0291 e. The highest BCUT2D eigenvalue weighted by Gasteiger charge is 2.20. The Bertz CT molecular complexity index is 345. The first-order valence-electron chi connectivity index (χ1n) is 7.16. The average Bonchev–Trinajstić information content (AvgIpc) is 2.34. The van der Waals surface area contributed by atoms with Gasteiger partial charge < -0.3 is 5.32 Å². The number of benzene rings is 1. The van der Waals surface area contributed by atoms with Gasteiger partial charge in [-0.2, -0.15) is 0 Å². The van der Waals surface area contributed by atoms with E-state index in [-0.39, 0.29) is 0 Å². The fourth-order valence-corrected chi connectivity index (χ4v) is 1.82. The smallest absolute Gasteiger partial charge is 0.0291 e. The fourth-order valence-electron chi connectivity index (χ4n) is 1.82. The predicted molar refractivity (Wildman–Crippen MR) is 80.9 cm³/mol. The van der Waals surface area contributed by atoms with Crippen LogP contribution >= 0.6 is 0 Å². The summed E-state index contributed by atoms with van der Waals surface area (Å²) in [7, 11) is 0. The molecule has 18 heavy (non-hydrogen) atoms. The Morgan fingerprint density at radius 1 is 1.06 bits per heavy atom. The molecule has 0 spiro atoms. The molecule has 0 radical (unpaired) electrons. The normalized spacial score (nSPS) is 15.4. The lowest BCUT2D eigenvalue weighted by molar-refractivity contribution is 0.247. The molecule has 1 N–H and O–H groups in total. The van der Waals surface area contributed by atoms with Crippen molar-refractivity contribution in [3.8, 4) is 0 Å². The van der Waals surface area contributed by atoms with E-state index in [1.807, 2.05) is 0 Å². The summed E-state index contributed by atoms with van der Waals surface area (Å²) in [6.07, 6.45) is 1.11. The third-order valence-corrected chi connectivity index (χ3v) is 4.10. The van der Waals surface area contributed by atoms with Gasteiger partial charge in [-0.05, 0) is 42.3 Å². The van der Waals surface area contributed by atoms with Crippen molar-refractivity contribution in [3.05, 3.63) is 35.4 Å². The van der Waals surface area contributed by atoms with Crippen LogP contribution in [0.15, 0.2) is 24.3 Å². The summed E-state index contributed by atoms with van der Waals surface area (Å²) in [6, 6.07) is 9.40. The summed E-state index contributed by atoms with van der Waals surface area (Å²) in [4.78, 5) is 0. The van der Waals surface area contributed by atoms with Gasteiger partial charge in [0.05, 0.1) is 0 Å². The van der Waals surface area contributed by atoms with Crippen LogP contribution in [-0.2, 0) is 6.42 Å². The number of hydrogen-bond acceptors (Lipinski definition) is 1. The lowest BCUT2D eigenvalue weighted by atomic mass is 9.82. The molecule has 2 unspecified atom stereocenters. The van der Waals surface area contributed by atoms with Gasteiger partial charge in [-0.3, -0.25) is 0 Å². The molecule has 1 aromatic rings. The molecule has 0 saturated heterocycles. The minimum Gasteiger partial charge on any atom is -0.310 e. The summed E-state index contributed by atoms with van der Waals surface area (Å²) in [5.74, 6) is 0.676. The maximum absolute atomic E-state index is 3.64. The molecule has 0 heterocycles. The van der Waals surface area contributed by atoms with Crippen LogP contribution in [0.2, 0.25) is 0 Å². The van der Waals surface area contributed by atoms with Crippen LogP contribution in [0.1, 0.15) is 58.7 Å². The zero-order valence-corrected chi connectivity index (χ0v) is 12.9. The van der Waals surface area contributed by atoms with Gasteiger partial charge in [0.2, 0.25) is 0 Å². The van der Waals surface area contributed by atoms with Crippen LogP contribution in [0, 0.1) is 11.3 Å². The second-order valence-electron chi connectivity index (χ2n) is 6.49. The van der Waals surface area contributed by atoms with E-state index in [4.69, 9.17) is 0 Å². The molecule has 1 heteroatoms. The summed E-state index contributed by atoms with van der Waals surface area (Å²) in [6.45, 7) is 14.7. The van der Waals surface area contributed by atoms with E-state index in [1.165, 1.54) is 11.1 Å². The first-order chi connectivity index (χ1) is 8.34. The first-order valence-corrected chi connectivity index (χ1v) is 7.16. The molecule has 0 fully saturated rings. The summed E-state index contributed by atoms with van der Waals surface area (Å²) < 4.78 is 0. The summed E-state index contributed by atoms with van der Waals surface area (Å²) in [5, 5.41) is 3.64. The zero-order valence-electron chi connectivity index (χ0n) is 12.9. The van der Waals surface area contributed by atoms with Crippen LogP contribution < -0.4 is 5.32 Å². The summed E-state index contributed by atoms with van der Waals surface area (Å²) in [5.41, 5.74) is 3.17. The van der Waals surface area contributed by atoms with Crippen LogP contribution in [0.3, 0.4) is 0 Å². The Labute approximate surface area is 113 Å². The number of rotatable bonds is 5. The lowest BCUT2D eigenvalue weighted by Gasteiger charge is -2.29. The van der Waals surface area contributed by atoms with E-state index >= 15 is 0 Å². The molecule has 0 saturated carbocycles. The highest BCUT2D eigenvalue weighted by atomic mass is 14.9. The molecule has 2 atom stereocenters. The number of aryl methyl sites for hydroxylation is 1. The molecular weight excluding hydrogens is 218 g/mol. The van der Waals surface area contributed by atoms with Gasteiger partial charge in [0, 0.05) is 6.04 Å². The quantitative estimate of drug-likeness (QED) is 0.803. The molecule has 1 nitrogen and oxygen atoms in total. The van der Waals surface area contributed by atoms with Crippen molar-refractivity contribution in [2.24, 2.45) is 11.3 Å². The van der Waals surface area contributed by atoms with Crippen molar-refractivity contribution in [1.82, 2.24) is 5.32 Å². The Balaban J connectivity index is 2.52. The molecule has 0 aromatic heterocycles. The minimum atomic E-state index is 0.374. The van der Waals surface area contributed by atoms with E-state index in [0.29, 0.717) is 17.4 Å². The van der Waals surface area contributed by atoms with Gasteiger partial charge in [0.1, 0.15) is 0 Å². The molecule has 0 bridgehead atoms. The van der Waals surface area contributed by atoms with E-state index in [1.54, 1.807) is 0 Å². The Morgan fingerprint density at radius 3 is 2.06 bits per heavy atom. The van der Waals surface area contributed by atoms with Gasteiger partial charge in [0.15, 0.2) is 0 Å². The van der Waals surface area contributed by atoms with E-state index in [9.17, 15) is 0 Å².